The van der Waals surface area contributed by atoms with E-state index in [9.17, 15) is 0 Å². The van der Waals surface area contributed by atoms with E-state index in [1.165, 1.54) is 0 Å². The van der Waals surface area contributed by atoms with Gasteiger partial charge in [0.15, 0.2) is 17.4 Å². The Balaban J connectivity index is -0.0000000480. The zero-order valence-electron chi connectivity index (χ0n) is 3.09. The summed E-state index contributed by atoms with van der Waals surface area (Å²) in [5, 5.41) is 13.6. The Morgan fingerprint density at radius 3 is 1.71 bits per heavy atom. The highest BCUT2D eigenvalue weighted by molar-refractivity contribution is 6.80. The van der Waals surface area contributed by atoms with Crippen molar-refractivity contribution in [3.05, 3.63) is 10.1 Å². The summed E-state index contributed by atoms with van der Waals surface area (Å²) in [5.74, 6) is 0. The van der Waals surface area contributed by atoms with E-state index in [1.807, 2.05) is 0 Å². The fourth-order valence-corrected chi connectivity index (χ4v) is 0. The van der Waals surface area contributed by atoms with Gasteiger partial charge in [0.25, 0.3) is 5.09 Å². The van der Waals surface area contributed by atoms with E-state index >= 15 is 0 Å². The van der Waals surface area contributed by atoms with Crippen molar-refractivity contribution in [1.29, 1.82) is 0 Å². The van der Waals surface area contributed by atoms with E-state index in [0.29, 0.717) is 0 Å². The van der Waals surface area contributed by atoms with Gasteiger partial charge in [-0.3, -0.25) is 10.0 Å². The summed E-state index contributed by atoms with van der Waals surface area (Å²) in [5.41, 5.74) is 0. The van der Waals surface area contributed by atoms with Gasteiger partial charge < -0.3 is 5.21 Å². The van der Waals surface area contributed by atoms with Gasteiger partial charge in [-0.15, -0.1) is 10.1 Å². The van der Waals surface area contributed by atoms with E-state index in [-0.39, 0.29) is 17.4 Å². The Morgan fingerprint density at radius 1 is 1.71 bits per heavy atom. The minimum atomic E-state index is -1.50. The second kappa shape index (κ2) is 16.0. The third-order valence-electron chi connectivity index (χ3n) is 0. The number of nitrogens with zero attached hydrogens (tertiary/aromatic N) is 1. The molecule has 0 aliphatic rings. The summed E-state index contributed by atoms with van der Waals surface area (Å²) in [6, 6.07) is 0. The van der Waals surface area contributed by atoms with E-state index in [2.05, 4.69) is 0 Å². The Morgan fingerprint density at radius 2 is 1.71 bits per heavy atom. The molecule has 0 amide bonds. The quantitative estimate of drug-likeness (QED) is 0.257. The molecule has 7 heteroatoms. The van der Waals surface area contributed by atoms with Crippen molar-refractivity contribution in [2.24, 2.45) is 0 Å². The monoisotopic (exact) mass is 157 g/mol. The first-order valence-electron chi connectivity index (χ1n) is 0.943. The Kier molecular flexibility index (Phi) is 35.8. The minimum Gasteiger partial charge on any atom is -0.328 e. The molecule has 0 aliphatic heterocycles. The van der Waals surface area contributed by atoms with Crippen LogP contribution in [0.5, 0.6) is 0 Å². The van der Waals surface area contributed by atoms with E-state index in [0.717, 1.165) is 15.4 Å². The summed E-state index contributed by atoms with van der Waals surface area (Å²) >= 11 is 0.778. The van der Waals surface area contributed by atoms with Crippen LogP contribution in [-0.4, -0.2) is 43.0 Å². The fourth-order valence-electron chi connectivity index (χ4n) is 0. The van der Waals surface area contributed by atoms with Crippen molar-refractivity contribution in [3.63, 3.8) is 0 Å². The Labute approximate surface area is 63.3 Å². The predicted octanol–water partition coefficient (Wildman–Crippen LogP) is -1.76. The number of halogens is 1. The highest BCUT2D eigenvalue weighted by Crippen LogP contribution is 1.38. The van der Waals surface area contributed by atoms with Crippen LogP contribution in [0.2, 0.25) is 0 Å². The maximum absolute atomic E-state index is 8.36. The predicted molar refractivity (Wildman–Crippen MR) is 33.1 cm³/mol. The van der Waals surface area contributed by atoms with Crippen molar-refractivity contribution < 1.29 is 10.3 Å². The van der Waals surface area contributed by atoms with Crippen molar-refractivity contribution in [2.45, 2.75) is 0 Å². The lowest BCUT2D eigenvalue weighted by atomic mass is 13.1. The highest BCUT2D eigenvalue weighted by atomic mass is 35.6. The van der Waals surface area contributed by atoms with Gasteiger partial charge in [0, 0.05) is 0 Å². The van der Waals surface area contributed by atoms with Crippen molar-refractivity contribution in [3.8, 4) is 0 Å². The molecule has 0 aromatic carbocycles. The lowest BCUT2D eigenvalue weighted by Gasteiger charge is -1.56. The largest absolute Gasteiger partial charge is 0.353 e. The fraction of sp³-hybridized carbons (Fsp3) is 0. The molecule has 1 N–H and O–H groups in total. The van der Waals surface area contributed by atoms with Crippen molar-refractivity contribution in [1.82, 2.24) is 0 Å². The first kappa shape index (κ1) is 15.6. The molecule has 0 saturated heterocycles. The van der Waals surface area contributed by atoms with Gasteiger partial charge in [-0.05, 0) is 0 Å². The average Bonchev–Trinajstić information content (AvgIpc) is 1.41. The molecule has 0 atom stereocenters. The number of hydrogen-bond donors (Lipinski definition) is 1. The highest BCUT2D eigenvalue weighted by Gasteiger charge is 1.65. The lowest BCUT2D eigenvalue weighted by molar-refractivity contribution is -0.742. The second-order valence-corrected chi connectivity index (χ2v) is 0.238. The Bertz CT molecular complexity index is 35.9. The van der Waals surface area contributed by atoms with Crippen LogP contribution >= 0.6 is 10.0 Å². The molecule has 0 saturated carbocycles. The van der Waals surface area contributed by atoms with Gasteiger partial charge in [0.2, 0.25) is 0 Å². The van der Waals surface area contributed by atoms with Crippen LogP contribution in [0.1, 0.15) is 0 Å². The van der Waals surface area contributed by atoms with Crippen LogP contribution in [-0.2, 0) is 0 Å². The van der Waals surface area contributed by atoms with Crippen molar-refractivity contribution in [2.75, 3.05) is 0 Å². The molecule has 0 bridgehead atoms. The first-order chi connectivity index (χ1) is 2.73. The van der Waals surface area contributed by atoms with Gasteiger partial charge in [0.1, 0.15) is 0 Å². The molecule has 0 aliphatic carbocycles. The van der Waals surface area contributed by atoms with Crippen LogP contribution in [0.3, 0.4) is 0 Å². The molecule has 0 radical (unpaired) electrons. The smallest absolute Gasteiger partial charge is 0.328 e. The maximum Gasteiger partial charge on any atom is 0.353 e. The third kappa shape index (κ3) is 442. The summed E-state index contributed by atoms with van der Waals surface area (Å²) in [6.45, 7) is 0. The number of rotatable bonds is 0. The van der Waals surface area contributed by atoms with Gasteiger partial charge in [-0.25, -0.2) is 0 Å². The minimum absolute atomic E-state index is 0. The molecule has 0 heterocycles. The molecule has 0 aromatic heterocycles. The maximum atomic E-state index is 8.36. The Hall–Kier alpha value is 0.555. The average molecular weight is 157 g/mol. The SMILES string of the molecule is O=[N+]([O-])O.[AlH2][Cl].[AlH3]. The number of hydrogen-bond acceptors (Lipinski definition) is 2. The topological polar surface area (TPSA) is 63.4 Å². The summed E-state index contributed by atoms with van der Waals surface area (Å²) in [7, 11) is 4.78. The molecule has 0 fully saturated rings. The summed E-state index contributed by atoms with van der Waals surface area (Å²) in [4.78, 5) is 8.36. The first-order valence-corrected chi connectivity index (χ1v) is 3.97. The van der Waals surface area contributed by atoms with E-state index < -0.39 is 5.09 Å². The van der Waals surface area contributed by atoms with Gasteiger partial charge in [0.05, 0.1) is 0 Å². The van der Waals surface area contributed by atoms with Crippen LogP contribution in [0.4, 0.5) is 0 Å². The zero-order valence-corrected chi connectivity index (χ0v) is 5.84. The van der Waals surface area contributed by atoms with Crippen LogP contribution in [0, 0.1) is 10.1 Å². The molecule has 0 aromatic rings. The summed E-state index contributed by atoms with van der Waals surface area (Å²) in [6.07, 6.45) is 0. The molecule has 0 unspecified atom stereocenters. The van der Waals surface area contributed by atoms with Crippen molar-refractivity contribution >= 4 is 42.8 Å². The molecule has 0 rings (SSSR count). The molecule has 42 valence electrons. The molecular formula is H6Al2ClNO3. The second-order valence-electron chi connectivity index (χ2n) is 0.238. The summed E-state index contributed by atoms with van der Waals surface area (Å²) < 4.78 is 0. The normalized spacial score (nSPS) is 4.14. The van der Waals surface area contributed by atoms with Gasteiger partial charge in [-0.2, -0.15) is 0 Å². The van der Waals surface area contributed by atoms with E-state index in [1.54, 1.807) is 0 Å². The van der Waals surface area contributed by atoms with Gasteiger partial charge >= 0.3 is 15.4 Å². The standard InChI is InChI=1S/2Al.ClH.HNO3.5H/c;;;2-1(3)4;;;;;/h;;1H;(H,2,3,4);;;;;/q;+1;;;;;;;/p-1. The van der Waals surface area contributed by atoms with Crippen LogP contribution in [0.15, 0.2) is 0 Å². The molecule has 4 nitrogen and oxygen atoms in total. The lowest BCUT2D eigenvalue weighted by Crippen LogP contribution is -1.81. The van der Waals surface area contributed by atoms with Crippen LogP contribution < -0.4 is 0 Å². The molecule has 0 spiro atoms. The molecular weight excluding hydrogens is 151 g/mol. The van der Waals surface area contributed by atoms with E-state index in [4.69, 9.17) is 25.4 Å². The van der Waals surface area contributed by atoms with Crippen LogP contribution in [0.25, 0.3) is 0 Å². The van der Waals surface area contributed by atoms with Gasteiger partial charge in [-0.1, -0.05) is 0 Å². The molecule has 7 heavy (non-hydrogen) atoms. The third-order valence-corrected chi connectivity index (χ3v) is 0. The zero-order chi connectivity index (χ0) is 5.58.